The molecular weight excluding hydrogens is 328 g/mol. The molecule has 6 nitrogen and oxygen atoms in total. The first-order chi connectivity index (χ1) is 12.6. The van der Waals surface area contributed by atoms with Gasteiger partial charge in [0, 0.05) is 31.4 Å². The van der Waals surface area contributed by atoms with Crippen molar-refractivity contribution in [3.63, 3.8) is 0 Å². The topological polar surface area (TPSA) is 74.3 Å². The molecule has 0 radical (unpaired) electrons. The van der Waals surface area contributed by atoms with Gasteiger partial charge in [-0.05, 0) is 37.5 Å². The molecule has 136 valence electrons. The van der Waals surface area contributed by atoms with E-state index in [1.165, 1.54) is 5.56 Å². The van der Waals surface area contributed by atoms with Crippen LogP contribution in [0.5, 0.6) is 0 Å². The van der Waals surface area contributed by atoms with Crippen LogP contribution in [-0.4, -0.2) is 40.8 Å². The predicted octanol–water partition coefficient (Wildman–Crippen LogP) is 2.11. The molecule has 6 heteroatoms. The number of hydrogen-bond acceptors (Lipinski definition) is 4. The Morgan fingerprint density at radius 2 is 1.77 bits per heavy atom. The lowest BCUT2D eigenvalue weighted by molar-refractivity contribution is -0.136. The SMILES string of the molecule is Cc1cccc(NC(=O)C(=O)NC2CCN(Cc3ccccc3)CC2)n1. The largest absolute Gasteiger partial charge is 0.345 e. The number of amides is 2. The maximum Gasteiger partial charge on any atom is 0.314 e. The Balaban J connectivity index is 1.43. The van der Waals surface area contributed by atoms with Gasteiger partial charge in [-0.3, -0.25) is 14.5 Å². The molecule has 0 unspecified atom stereocenters. The standard InChI is InChI=1S/C20H24N4O2/c1-15-6-5-9-18(21-15)23-20(26)19(25)22-17-10-12-24(13-11-17)14-16-7-3-2-4-8-16/h2-9,17H,10-14H2,1H3,(H,22,25)(H,21,23,26). The van der Waals surface area contributed by atoms with Crippen LogP contribution < -0.4 is 10.6 Å². The van der Waals surface area contributed by atoms with Crippen molar-refractivity contribution in [2.45, 2.75) is 32.4 Å². The Kier molecular flexibility index (Phi) is 5.96. The number of pyridine rings is 1. The van der Waals surface area contributed by atoms with E-state index in [9.17, 15) is 9.59 Å². The highest BCUT2D eigenvalue weighted by Crippen LogP contribution is 2.14. The third-order valence-electron chi connectivity index (χ3n) is 4.51. The Morgan fingerprint density at radius 3 is 2.46 bits per heavy atom. The van der Waals surface area contributed by atoms with E-state index >= 15 is 0 Å². The summed E-state index contributed by atoms with van der Waals surface area (Å²) in [5.41, 5.74) is 2.08. The van der Waals surface area contributed by atoms with E-state index < -0.39 is 11.8 Å². The number of nitrogens with one attached hydrogen (secondary N) is 2. The summed E-state index contributed by atoms with van der Waals surface area (Å²) < 4.78 is 0. The fourth-order valence-electron chi connectivity index (χ4n) is 3.11. The summed E-state index contributed by atoms with van der Waals surface area (Å²) in [5, 5.41) is 5.37. The van der Waals surface area contributed by atoms with Crippen molar-refractivity contribution in [2.75, 3.05) is 18.4 Å². The molecule has 2 heterocycles. The summed E-state index contributed by atoms with van der Waals surface area (Å²) in [6.07, 6.45) is 1.68. The Hall–Kier alpha value is -2.73. The van der Waals surface area contributed by atoms with Crippen molar-refractivity contribution < 1.29 is 9.59 Å². The van der Waals surface area contributed by atoms with Crippen LogP contribution in [0.25, 0.3) is 0 Å². The normalized spacial score (nSPS) is 15.4. The summed E-state index contributed by atoms with van der Waals surface area (Å²) in [6, 6.07) is 15.7. The van der Waals surface area contributed by atoms with Gasteiger partial charge in [-0.15, -0.1) is 0 Å². The van der Waals surface area contributed by atoms with Gasteiger partial charge in [0.15, 0.2) is 0 Å². The molecular formula is C20H24N4O2. The molecule has 0 spiro atoms. The van der Waals surface area contributed by atoms with E-state index in [2.05, 4.69) is 32.7 Å². The van der Waals surface area contributed by atoms with Crippen LogP contribution in [0.2, 0.25) is 0 Å². The van der Waals surface area contributed by atoms with Crippen LogP contribution in [0.15, 0.2) is 48.5 Å². The molecule has 2 aromatic rings. The van der Waals surface area contributed by atoms with Gasteiger partial charge in [0.25, 0.3) is 0 Å². The highest BCUT2D eigenvalue weighted by molar-refractivity contribution is 6.39. The Labute approximate surface area is 153 Å². The smallest absolute Gasteiger partial charge is 0.314 e. The molecule has 1 aliphatic rings. The van der Waals surface area contributed by atoms with Gasteiger partial charge < -0.3 is 10.6 Å². The summed E-state index contributed by atoms with van der Waals surface area (Å²) in [7, 11) is 0. The van der Waals surface area contributed by atoms with Crippen molar-refractivity contribution in [1.29, 1.82) is 0 Å². The number of carbonyl (C=O) groups is 2. The molecule has 2 amide bonds. The van der Waals surface area contributed by atoms with E-state index in [0.717, 1.165) is 38.2 Å². The number of hydrogen-bond donors (Lipinski definition) is 2. The van der Waals surface area contributed by atoms with Crippen LogP contribution in [-0.2, 0) is 16.1 Å². The highest BCUT2D eigenvalue weighted by atomic mass is 16.2. The molecule has 1 aromatic carbocycles. The van der Waals surface area contributed by atoms with Crippen LogP contribution >= 0.6 is 0 Å². The number of likely N-dealkylation sites (tertiary alicyclic amines) is 1. The summed E-state index contributed by atoms with van der Waals surface area (Å²) in [6.45, 7) is 4.56. The average molecular weight is 352 g/mol. The van der Waals surface area contributed by atoms with Gasteiger partial charge in [-0.2, -0.15) is 0 Å². The van der Waals surface area contributed by atoms with Gasteiger partial charge in [0.05, 0.1) is 0 Å². The second-order valence-corrected chi connectivity index (χ2v) is 6.63. The fourth-order valence-corrected chi connectivity index (χ4v) is 3.11. The molecule has 1 aliphatic heterocycles. The second kappa shape index (κ2) is 8.58. The third kappa shape index (κ3) is 5.13. The van der Waals surface area contributed by atoms with Gasteiger partial charge >= 0.3 is 11.8 Å². The van der Waals surface area contributed by atoms with Crippen molar-refractivity contribution in [3.05, 3.63) is 59.8 Å². The van der Waals surface area contributed by atoms with Gasteiger partial charge in [0.2, 0.25) is 0 Å². The highest BCUT2D eigenvalue weighted by Gasteiger charge is 2.23. The molecule has 1 fully saturated rings. The molecule has 1 saturated heterocycles. The van der Waals surface area contributed by atoms with Gasteiger partial charge in [-0.25, -0.2) is 4.98 Å². The molecule has 26 heavy (non-hydrogen) atoms. The first kappa shape index (κ1) is 18.1. The number of anilines is 1. The molecule has 0 bridgehead atoms. The van der Waals surface area contributed by atoms with Crippen LogP contribution in [0.3, 0.4) is 0 Å². The fraction of sp³-hybridized carbons (Fsp3) is 0.350. The van der Waals surface area contributed by atoms with E-state index in [1.54, 1.807) is 12.1 Å². The minimum absolute atomic E-state index is 0.0331. The Morgan fingerprint density at radius 1 is 1.04 bits per heavy atom. The summed E-state index contributed by atoms with van der Waals surface area (Å²) >= 11 is 0. The minimum Gasteiger partial charge on any atom is -0.345 e. The number of aromatic nitrogens is 1. The number of aryl methyl sites for hydroxylation is 1. The molecule has 1 aromatic heterocycles. The number of rotatable bonds is 4. The summed E-state index contributed by atoms with van der Waals surface area (Å²) in [4.78, 5) is 30.7. The van der Waals surface area contributed by atoms with Crippen molar-refractivity contribution in [1.82, 2.24) is 15.2 Å². The lowest BCUT2D eigenvalue weighted by Crippen LogP contribution is -2.47. The van der Waals surface area contributed by atoms with Crippen molar-refractivity contribution >= 4 is 17.6 Å². The molecule has 2 N–H and O–H groups in total. The molecule has 0 aliphatic carbocycles. The lowest BCUT2D eigenvalue weighted by atomic mass is 10.0. The molecule has 0 atom stereocenters. The van der Waals surface area contributed by atoms with Crippen molar-refractivity contribution in [3.8, 4) is 0 Å². The zero-order chi connectivity index (χ0) is 18.4. The summed E-state index contributed by atoms with van der Waals surface area (Å²) in [5.74, 6) is -0.882. The predicted molar refractivity (Wildman–Crippen MR) is 100 cm³/mol. The number of carbonyl (C=O) groups excluding carboxylic acids is 2. The quantitative estimate of drug-likeness (QED) is 0.827. The average Bonchev–Trinajstić information content (AvgIpc) is 2.64. The first-order valence-electron chi connectivity index (χ1n) is 8.92. The lowest BCUT2D eigenvalue weighted by Gasteiger charge is -2.32. The zero-order valence-electron chi connectivity index (χ0n) is 14.9. The van der Waals surface area contributed by atoms with Crippen molar-refractivity contribution in [2.24, 2.45) is 0 Å². The third-order valence-corrected chi connectivity index (χ3v) is 4.51. The zero-order valence-corrected chi connectivity index (χ0v) is 14.9. The van der Waals surface area contributed by atoms with E-state index in [1.807, 2.05) is 31.2 Å². The van der Waals surface area contributed by atoms with E-state index in [4.69, 9.17) is 0 Å². The van der Waals surface area contributed by atoms with Gasteiger partial charge in [-0.1, -0.05) is 36.4 Å². The van der Waals surface area contributed by atoms with Gasteiger partial charge in [0.1, 0.15) is 5.82 Å². The Bertz CT molecular complexity index is 755. The number of benzene rings is 1. The second-order valence-electron chi connectivity index (χ2n) is 6.63. The minimum atomic E-state index is -0.671. The molecule has 0 saturated carbocycles. The molecule has 3 rings (SSSR count). The van der Waals surface area contributed by atoms with Crippen LogP contribution in [0.1, 0.15) is 24.1 Å². The monoisotopic (exact) mass is 352 g/mol. The van der Waals surface area contributed by atoms with E-state index in [0.29, 0.717) is 5.82 Å². The number of piperidine rings is 1. The maximum atomic E-state index is 12.1. The first-order valence-corrected chi connectivity index (χ1v) is 8.92. The van der Waals surface area contributed by atoms with Crippen LogP contribution in [0, 0.1) is 6.92 Å². The maximum absolute atomic E-state index is 12.1. The van der Waals surface area contributed by atoms with Crippen LogP contribution in [0.4, 0.5) is 5.82 Å². The number of nitrogens with zero attached hydrogens (tertiary/aromatic N) is 2. The van der Waals surface area contributed by atoms with E-state index in [-0.39, 0.29) is 6.04 Å².